The highest BCUT2D eigenvalue weighted by atomic mass is 16.6. The third-order valence-corrected chi connectivity index (χ3v) is 1.88. The monoisotopic (exact) mass is 129 g/mol. The van der Waals surface area contributed by atoms with Gasteiger partial charge in [-0.05, 0) is 6.92 Å². The molecule has 1 aliphatic rings. The van der Waals surface area contributed by atoms with Gasteiger partial charge in [0.1, 0.15) is 12.1 Å². The lowest BCUT2D eigenvalue weighted by molar-refractivity contribution is -0.141. The predicted octanol–water partition coefficient (Wildman–Crippen LogP) is -0.105. The lowest BCUT2D eigenvalue weighted by Gasteiger charge is -2.06. The second-order valence-electron chi connectivity index (χ2n) is 2.53. The molecule has 0 bridgehead atoms. The Morgan fingerprint density at radius 2 is 2.11 bits per heavy atom. The lowest BCUT2D eigenvalue weighted by atomic mass is 10.0. The number of hydrogen-bond acceptors (Lipinski definition) is 3. The van der Waals surface area contributed by atoms with Crippen molar-refractivity contribution in [1.29, 1.82) is 0 Å². The fourth-order valence-corrected chi connectivity index (χ4v) is 0.876. The van der Waals surface area contributed by atoms with Crippen molar-refractivity contribution in [3.63, 3.8) is 0 Å². The SMILES string of the molecule is C[C@@H]1[C@H](C)OC(=O)[C@H]1N. The fraction of sp³-hybridized carbons (Fsp3) is 0.833. The summed E-state index contributed by atoms with van der Waals surface area (Å²) in [6.07, 6.45) is -0.00694. The van der Waals surface area contributed by atoms with Crippen LogP contribution in [0.3, 0.4) is 0 Å². The van der Waals surface area contributed by atoms with E-state index in [0.29, 0.717) is 0 Å². The number of ether oxygens (including phenoxy) is 1. The van der Waals surface area contributed by atoms with Crippen LogP contribution < -0.4 is 5.73 Å². The van der Waals surface area contributed by atoms with Gasteiger partial charge >= 0.3 is 5.97 Å². The van der Waals surface area contributed by atoms with Gasteiger partial charge < -0.3 is 10.5 Å². The Balaban J connectivity index is 2.65. The normalized spacial score (nSPS) is 43.0. The van der Waals surface area contributed by atoms with Crippen LogP contribution in [-0.2, 0) is 9.53 Å². The van der Waals surface area contributed by atoms with E-state index < -0.39 is 6.04 Å². The predicted molar refractivity (Wildman–Crippen MR) is 32.7 cm³/mol. The van der Waals surface area contributed by atoms with E-state index in [0.717, 1.165) is 0 Å². The fourth-order valence-electron chi connectivity index (χ4n) is 0.876. The Bertz CT molecular complexity index is 135. The van der Waals surface area contributed by atoms with Gasteiger partial charge in [-0.2, -0.15) is 0 Å². The Morgan fingerprint density at radius 1 is 1.56 bits per heavy atom. The first-order valence-electron chi connectivity index (χ1n) is 3.09. The highest BCUT2D eigenvalue weighted by molar-refractivity contribution is 5.78. The van der Waals surface area contributed by atoms with E-state index in [9.17, 15) is 4.79 Å². The number of esters is 1. The summed E-state index contributed by atoms with van der Waals surface area (Å²) in [6, 6.07) is -0.403. The zero-order valence-corrected chi connectivity index (χ0v) is 5.63. The van der Waals surface area contributed by atoms with Crippen LogP contribution in [-0.4, -0.2) is 18.1 Å². The van der Waals surface area contributed by atoms with Crippen LogP contribution in [0.4, 0.5) is 0 Å². The number of hydrogen-bond donors (Lipinski definition) is 1. The molecule has 52 valence electrons. The molecule has 3 nitrogen and oxygen atoms in total. The van der Waals surface area contributed by atoms with Gasteiger partial charge in [-0.15, -0.1) is 0 Å². The molecule has 0 amide bonds. The molecule has 1 saturated heterocycles. The van der Waals surface area contributed by atoms with E-state index in [-0.39, 0.29) is 18.0 Å². The third-order valence-electron chi connectivity index (χ3n) is 1.88. The second-order valence-corrected chi connectivity index (χ2v) is 2.53. The Labute approximate surface area is 54.2 Å². The van der Waals surface area contributed by atoms with E-state index in [2.05, 4.69) is 0 Å². The smallest absolute Gasteiger partial charge is 0.323 e. The summed E-state index contributed by atoms with van der Waals surface area (Å²) in [6.45, 7) is 3.77. The summed E-state index contributed by atoms with van der Waals surface area (Å²) in [4.78, 5) is 10.6. The lowest BCUT2D eigenvalue weighted by Crippen LogP contribution is -2.31. The number of carbonyl (C=O) groups is 1. The number of nitrogens with two attached hydrogens (primary N) is 1. The minimum atomic E-state index is -0.403. The van der Waals surface area contributed by atoms with Gasteiger partial charge in [-0.1, -0.05) is 6.92 Å². The molecule has 0 aromatic rings. The molecule has 0 saturated carbocycles. The zero-order chi connectivity index (χ0) is 7.02. The van der Waals surface area contributed by atoms with Gasteiger partial charge in [0.2, 0.25) is 0 Å². The molecular formula is C6H11NO2. The van der Waals surface area contributed by atoms with Crippen molar-refractivity contribution in [3.05, 3.63) is 0 Å². The molecule has 0 aromatic heterocycles. The number of cyclic esters (lactones) is 1. The molecule has 3 heteroatoms. The van der Waals surface area contributed by atoms with E-state index in [1.54, 1.807) is 0 Å². The quantitative estimate of drug-likeness (QED) is 0.464. The summed E-state index contributed by atoms with van der Waals surface area (Å²) in [5.74, 6) is -0.104. The van der Waals surface area contributed by atoms with Crippen LogP contribution in [0.15, 0.2) is 0 Å². The Hall–Kier alpha value is -0.570. The largest absolute Gasteiger partial charge is 0.461 e. The van der Waals surface area contributed by atoms with E-state index in [1.165, 1.54) is 0 Å². The van der Waals surface area contributed by atoms with Crippen molar-refractivity contribution in [3.8, 4) is 0 Å². The van der Waals surface area contributed by atoms with E-state index in [1.807, 2.05) is 13.8 Å². The maximum Gasteiger partial charge on any atom is 0.323 e. The summed E-state index contributed by atoms with van der Waals surface area (Å²) in [7, 11) is 0. The first-order chi connectivity index (χ1) is 4.13. The standard InChI is InChI=1S/C6H11NO2/c1-3-4(2)9-6(8)5(3)7/h3-5H,7H2,1-2H3/t3-,4+,5+/m1/s1. The molecule has 1 aliphatic heterocycles. The first kappa shape index (κ1) is 6.55. The van der Waals surface area contributed by atoms with Gasteiger partial charge in [0.25, 0.3) is 0 Å². The van der Waals surface area contributed by atoms with Crippen molar-refractivity contribution in [2.24, 2.45) is 11.7 Å². The van der Waals surface area contributed by atoms with Crippen molar-refractivity contribution in [2.45, 2.75) is 26.0 Å². The van der Waals surface area contributed by atoms with Crippen LogP contribution >= 0.6 is 0 Å². The van der Waals surface area contributed by atoms with Gasteiger partial charge in [-0.3, -0.25) is 4.79 Å². The molecule has 1 rings (SSSR count). The van der Waals surface area contributed by atoms with Crippen molar-refractivity contribution in [1.82, 2.24) is 0 Å². The zero-order valence-electron chi connectivity index (χ0n) is 5.63. The molecular weight excluding hydrogens is 118 g/mol. The maximum absolute atomic E-state index is 10.6. The van der Waals surface area contributed by atoms with Gasteiger partial charge in [0.05, 0.1) is 0 Å². The van der Waals surface area contributed by atoms with Crippen LogP contribution in [0, 0.1) is 5.92 Å². The molecule has 2 N–H and O–H groups in total. The van der Waals surface area contributed by atoms with Crippen LogP contribution in [0.1, 0.15) is 13.8 Å². The topological polar surface area (TPSA) is 52.3 Å². The summed E-state index contributed by atoms with van der Waals surface area (Å²) >= 11 is 0. The second kappa shape index (κ2) is 1.99. The summed E-state index contributed by atoms with van der Waals surface area (Å²) in [5.41, 5.74) is 5.44. The molecule has 0 aliphatic carbocycles. The van der Waals surface area contributed by atoms with Crippen molar-refractivity contribution < 1.29 is 9.53 Å². The molecule has 3 atom stereocenters. The average molecular weight is 129 g/mol. The molecule has 0 unspecified atom stereocenters. The summed E-state index contributed by atoms with van der Waals surface area (Å²) < 4.78 is 4.82. The van der Waals surface area contributed by atoms with Gasteiger partial charge in [-0.25, -0.2) is 0 Å². The van der Waals surface area contributed by atoms with Crippen molar-refractivity contribution >= 4 is 5.97 Å². The first-order valence-corrected chi connectivity index (χ1v) is 3.09. The van der Waals surface area contributed by atoms with Crippen LogP contribution in [0.5, 0.6) is 0 Å². The maximum atomic E-state index is 10.6. The molecule has 1 heterocycles. The minimum absolute atomic E-state index is 0.00694. The molecule has 0 spiro atoms. The molecule has 0 aromatic carbocycles. The number of rotatable bonds is 0. The van der Waals surface area contributed by atoms with Crippen molar-refractivity contribution in [2.75, 3.05) is 0 Å². The average Bonchev–Trinajstić information content (AvgIpc) is 1.98. The van der Waals surface area contributed by atoms with Crippen LogP contribution in [0.25, 0.3) is 0 Å². The molecule has 1 fully saturated rings. The summed E-state index contributed by atoms with van der Waals surface area (Å²) in [5, 5.41) is 0. The highest BCUT2D eigenvalue weighted by Crippen LogP contribution is 2.19. The van der Waals surface area contributed by atoms with Gasteiger partial charge in [0, 0.05) is 5.92 Å². The Kier molecular flexibility index (Phi) is 1.45. The third kappa shape index (κ3) is 0.920. The minimum Gasteiger partial charge on any atom is -0.461 e. The Morgan fingerprint density at radius 3 is 2.22 bits per heavy atom. The molecule has 0 radical (unpaired) electrons. The molecule has 9 heavy (non-hydrogen) atoms. The van der Waals surface area contributed by atoms with Crippen LogP contribution in [0.2, 0.25) is 0 Å². The van der Waals surface area contributed by atoms with Gasteiger partial charge in [0.15, 0.2) is 0 Å². The number of carbonyl (C=O) groups excluding carboxylic acids is 1. The van der Waals surface area contributed by atoms with E-state index >= 15 is 0 Å². The van der Waals surface area contributed by atoms with E-state index in [4.69, 9.17) is 10.5 Å². The highest BCUT2D eigenvalue weighted by Gasteiger charge is 2.36.